The first kappa shape index (κ1) is 16.6. The van der Waals surface area contributed by atoms with Gasteiger partial charge in [0.2, 0.25) is 5.91 Å². The molecule has 124 valence electrons. The molecule has 25 heavy (non-hydrogen) atoms. The van der Waals surface area contributed by atoms with Crippen LogP contribution >= 0.6 is 0 Å². The molecule has 3 aromatic rings. The molecule has 0 aliphatic heterocycles. The lowest BCUT2D eigenvalue weighted by Gasteiger charge is -2.13. The lowest BCUT2D eigenvalue weighted by atomic mass is 10.0. The molecule has 3 rings (SSSR count). The lowest BCUT2D eigenvalue weighted by Crippen LogP contribution is -2.15. The number of benzene rings is 2. The van der Waals surface area contributed by atoms with Crippen LogP contribution in [-0.4, -0.2) is 17.1 Å². The summed E-state index contributed by atoms with van der Waals surface area (Å²) in [5.74, 6) is -0.0663. The van der Waals surface area contributed by atoms with Crippen LogP contribution in [0.15, 0.2) is 90.2 Å². The van der Waals surface area contributed by atoms with E-state index in [1.807, 2.05) is 72.8 Å². The van der Waals surface area contributed by atoms with Crippen LogP contribution in [0.5, 0.6) is 0 Å². The minimum Gasteiger partial charge on any atom is -0.326 e. The van der Waals surface area contributed by atoms with Gasteiger partial charge in [0.05, 0.1) is 12.5 Å². The molecule has 0 aliphatic carbocycles. The Labute approximate surface area is 147 Å². The van der Waals surface area contributed by atoms with Crippen molar-refractivity contribution in [1.29, 1.82) is 0 Å². The topological polar surface area (TPSA) is 54.4 Å². The van der Waals surface area contributed by atoms with Crippen LogP contribution < -0.4 is 5.32 Å². The van der Waals surface area contributed by atoms with Gasteiger partial charge in [-0.2, -0.15) is 0 Å². The van der Waals surface area contributed by atoms with Crippen molar-refractivity contribution >= 4 is 17.8 Å². The largest absolute Gasteiger partial charge is 0.326 e. The summed E-state index contributed by atoms with van der Waals surface area (Å²) in [6.45, 7) is 0. The van der Waals surface area contributed by atoms with Crippen LogP contribution in [0, 0.1) is 0 Å². The van der Waals surface area contributed by atoms with Gasteiger partial charge in [-0.1, -0.05) is 54.6 Å². The molecule has 0 aliphatic rings. The van der Waals surface area contributed by atoms with Crippen molar-refractivity contribution in [3.63, 3.8) is 0 Å². The van der Waals surface area contributed by atoms with Gasteiger partial charge in [-0.25, -0.2) is 0 Å². The van der Waals surface area contributed by atoms with E-state index in [9.17, 15) is 4.79 Å². The van der Waals surface area contributed by atoms with Gasteiger partial charge < -0.3 is 5.32 Å². The molecule has 1 N–H and O–H groups in total. The minimum atomic E-state index is -0.245. The van der Waals surface area contributed by atoms with Crippen molar-refractivity contribution in [2.45, 2.75) is 12.5 Å². The van der Waals surface area contributed by atoms with Gasteiger partial charge in [-0.15, -0.1) is 0 Å². The predicted molar refractivity (Wildman–Crippen MR) is 101 cm³/mol. The molecule has 1 aromatic heterocycles. The average Bonchev–Trinajstić information content (AvgIpc) is 2.67. The molecule has 0 saturated heterocycles. The Morgan fingerprint density at radius 2 is 1.72 bits per heavy atom. The fraction of sp³-hybridized carbons (Fsp3) is 0.0952. The second-order valence-electron chi connectivity index (χ2n) is 5.61. The molecule has 1 unspecified atom stereocenters. The molecule has 4 nitrogen and oxygen atoms in total. The third-order valence-electron chi connectivity index (χ3n) is 3.71. The second kappa shape index (κ2) is 8.55. The number of hydrogen-bond donors (Lipinski definition) is 1. The maximum absolute atomic E-state index is 12.4. The van der Waals surface area contributed by atoms with Crippen LogP contribution in [0.3, 0.4) is 0 Å². The number of hydrogen-bond acceptors (Lipinski definition) is 3. The zero-order valence-corrected chi connectivity index (χ0v) is 13.7. The number of pyridine rings is 1. The van der Waals surface area contributed by atoms with E-state index in [0.717, 1.165) is 16.8 Å². The Hall–Kier alpha value is -3.27. The SMILES string of the molecule is O=C(CC(/N=C/c1cccnc1)c1ccccc1)Nc1ccccc1. The van der Waals surface area contributed by atoms with E-state index in [0.29, 0.717) is 0 Å². The van der Waals surface area contributed by atoms with E-state index in [2.05, 4.69) is 15.3 Å². The molecule has 0 bridgehead atoms. The quantitative estimate of drug-likeness (QED) is 0.687. The third-order valence-corrected chi connectivity index (χ3v) is 3.71. The summed E-state index contributed by atoms with van der Waals surface area (Å²) in [5.41, 5.74) is 2.70. The molecule has 0 saturated carbocycles. The summed E-state index contributed by atoms with van der Waals surface area (Å²) in [7, 11) is 0. The molecular formula is C21H19N3O. The Kier molecular flexibility index (Phi) is 5.67. The van der Waals surface area contributed by atoms with Crippen molar-refractivity contribution < 1.29 is 4.79 Å². The van der Waals surface area contributed by atoms with E-state index in [-0.39, 0.29) is 18.4 Å². The van der Waals surface area contributed by atoms with Crippen LogP contribution in [0.2, 0.25) is 0 Å². The Morgan fingerprint density at radius 1 is 1.00 bits per heavy atom. The molecular weight excluding hydrogens is 310 g/mol. The van der Waals surface area contributed by atoms with Gasteiger partial charge in [0, 0.05) is 29.9 Å². The van der Waals surface area contributed by atoms with E-state index >= 15 is 0 Å². The maximum Gasteiger partial charge on any atom is 0.226 e. The first-order valence-corrected chi connectivity index (χ1v) is 8.14. The van der Waals surface area contributed by atoms with Gasteiger partial charge in [0.25, 0.3) is 0 Å². The number of nitrogens with zero attached hydrogens (tertiary/aromatic N) is 2. The van der Waals surface area contributed by atoms with Crippen LogP contribution in [-0.2, 0) is 4.79 Å². The standard InChI is InChI=1S/C21H19N3O/c25-21(24-19-11-5-2-6-12-19)14-20(18-9-3-1-4-10-18)23-16-17-8-7-13-22-15-17/h1-13,15-16,20H,14H2,(H,24,25)/b23-16+. The zero-order valence-electron chi connectivity index (χ0n) is 13.7. The van der Waals surface area contributed by atoms with Gasteiger partial charge in [0.1, 0.15) is 0 Å². The zero-order chi connectivity index (χ0) is 17.3. The van der Waals surface area contributed by atoms with Gasteiger partial charge >= 0.3 is 0 Å². The number of aliphatic imine (C=N–C) groups is 1. The lowest BCUT2D eigenvalue weighted by molar-refractivity contribution is -0.116. The third kappa shape index (κ3) is 5.11. The molecule has 1 amide bonds. The van der Waals surface area contributed by atoms with Crippen LogP contribution in [0.25, 0.3) is 0 Å². The van der Waals surface area contributed by atoms with Crippen LogP contribution in [0.1, 0.15) is 23.6 Å². The van der Waals surface area contributed by atoms with Crippen molar-refractivity contribution in [3.05, 3.63) is 96.3 Å². The maximum atomic E-state index is 12.4. The second-order valence-corrected chi connectivity index (χ2v) is 5.61. The van der Waals surface area contributed by atoms with E-state index in [1.54, 1.807) is 18.6 Å². The minimum absolute atomic E-state index is 0.0663. The average molecular weight is 329 g/mol. The highest BCUT2D eigenvalue weighted by molar-refractivity contribution is 5.91. The number of aromatic nitrogens is 1. The molecule has 1 atom stereocenters. The first-order valence-electron chi connectivity index (χ1n) is 8.14. The Morgan fingerprint density at radius 3 is 2.40 bits per heavy atom. The summed E-state index contributed by atoms with van der Waals surface area (Å²) in [6.07, 6.45) is 5.51. The number of rotatable bonds is 6. The van der Waals surface area contributed by atoms with Gasteiger partial charge in [0.15, 0.2) is 0 Å². The smallest absolute Gasteiger partial charge is 0.226 e. The van der Waals surface area contributed by atoms with Crippen LogP contribution in [0.4, 0.5) is 5.69 Å². The first-order chi connectivity index (χ1) is 12.3. The number of amides is 1. The summed E-state index contributed by atoms with van der Waals surface area (Å²) >= 11 is 0. The number of carbonyl (C=O) groups excluding carboxylic acids is 1. The Bertz CT molecular complexity index is 818. The monoisotopic (exact) mass is 329 g/mol. The molecule has 1 heterocycles. The highest BCUT2D eigenvalue weighted by Crippen LogP contribution is 2.22. The molecule has 0 spiro atoms. The highest BCUT2D eigenvalue weighted by Gasteiger charge is 2.14. The summed E-state index contributed by atoms with van der Waals surface area (Å²) < 4.78 is 0. The molecule has 0 fully saturated rings. The molecule has 2 aromatic carbocycles. The predicted octanol–water partition coefficient (Wildman–Crippen LogP) is 4.27. The molecule has 4 heteroatoms. The van der Waals surface area contributed by atoms with Crippen molar-refractivity contribution in [1.82, 2.24) is 4.98 Å². The highest BCUT2D eigenvalue weighted by atomic mass is 16.1. The Balaban J connectivity index is 1.75. The van der Waals surface area contributed by atoms with E-state index in [1.165, 1.54) is 0 Å². The normalized spacial score (nSPS) is 12.0. The number of anilines is 1. The summed E-state index contributed by atoms with van der Waals surface area (Å²) in [4.78, 5) is 21.1. The summed E-state index contributed by atoms with van der Waals surface area (Å²) in [5, 5.41) is 2.92. The fourth-order valence-electron chi connectivity index (χ4n) is 2.47. The summed E-state index contributed by atoms with van der Waals surface area (Å²) in [6, 6.07) is 22.8. The van der Waals surface area contributed by atoms with Crippen molar-refractivity contribution in [2.24, 2.45) is 4.99 Å². The van der Waals surface area contributed by atoms with E-state index in [4.69, 9.17) is 0 Å². The van der Waals surface area contributed by atoms with Crippen molar-refractivity contribution in [2.75, 3.05) is 5.32 Å². The number of carbonyl (C=O) groups is 1. The van der Waals surface area contributed by atoms with Gasteiger partial charge in [-0.05, 0) is 23.8 Å². The molecule has 0 radical (unpaired) electrons. The van der Waals surface area contributed by atoms with Crippen molar-refractivity contribution in [3.8, 4) is 0 Å². The van der Waals surface area contributed by atoms with E-state index < -0.39 is 0 Å². The number of para-hydroxylation sites is 1. The van der Waals surface area contributed by atoms with Gasteiger partial charge in [-0.3, -0.25) is 14.8 Å². The number of nitrogens with one attached hydrogen (secondary N) is 1. The fourth-order valence-corrected chi connectivity index (χ4v) is 2.47.